The summed E-state index contributed by atoms with van der Waals surface area (Å²) < 4.78 is 7.15. The first-order chi connectivity index (χ1) is 13.4. The molecule has 28 heavy (non-hydrogen) atoms. The Kier molecular flexibility index (Phi) is 6.53. The number of hydrogen-bond acceptors (Lipinski definition) is 6. The van der Waals surface area contributed by atoms with Gasteiger partial charge in [-0.1, -0.05) is 6.07 Å². The number of hydrogen-bond donors (Lipinski definition) is 0. The van der Waals surface area contributed by atoms with Crippen LogP contribution in [0, 0.1) is 13.8 Å². The molecular weight excluding hydrogens is 396 g/mol. The second kappa shape index (κ2) is 8.89. The van der Waals surface area contributed by atoms with Crippen LogP contribution in [0.3, 0.4) is 0 Å². The molecule has 1 saturated heterocycles. The van der Waals surface area contributed by atoms with Crippen LogP contribution in [0.1, 0.15) is 33.0 Å². The summed E-state index contributed by atoms with van der Waals surface area (Å²) in [5, 5.41) is 1.50. The number of nitrogens with zero attached hydrogens (tertiary/aromatic N) is 2. The lowest BCUT2D eigenvalue weighted by molar-refractivity contribution is -0.122. The van der Waals surface area contributed by atoms with Crippen LogP contribution in [0.25, 0.3) is 6.08 Å². The number of aryl methyl sites for hydroxylation is 1. The second-order valence-electron chi connectivity index (χ2n) is 6.49. The van der Waals surface area contributed by atoms with Gasteiger partial charge in [-0.3, -0.25) is 19.3 Å². The lowest BCUT2D eigenvalue weighted by Gasteiger charge is -2.12. The van der Waals surface area contributed by atoms with E-state index in [0.29, 0.717) is 17.1 Å². The molecule has 1 aliphatic rings. The van der Waals surface area contributed by atoms with Crippen molar-refractivity contribution in [3.8, 4) is 0 Å². The second-order valence-corrected chi connectivity index (χ2v) is 8.46. The molecule has 0 aromatic carbocycles. The zero-order valence-corrected chi connectivity index (χ0v) is 17.7. The van der Waals surface area contributed by atoms with Gasteiger partial charge in [0.25, 0.3) is 11.1 Å². The summed E-state index contributed by atoms with van der Waals surface area (Å²) in [6.07, 6.45) is 2.54. The third kappa shape index (κ3) is 4.29. The Hall–Kier alpha value is -2.16. The summed E-state index contributed by atoms with van der Waals surface area (Å²) in [4.78, 5) is 40.0. The predicted molar refractivity (Wildman–Crippen MR) is 112 cm³/mol. The van der Waals surface area contributed by atoms with Gasteiger partial charge in [0.2, 0.25) is 0 Å². The Bertz CT molecular complexity index is 928. The fourth-order valence-corrected chi connectivity index (χ4v) is 4.72. The van der Waals surface area contributed by atoms with Crippen molar-refractivity contribution in [2.45, 2.75) is 26.8 Å². The number of thiophene rings is 1. The maximum absolute atomic E-state index is 12.8. The minimum Gasteiger partial charge on any atom is -0.385 e. The molecule has 0 bridgehead atoms. The minimum absolute atomic E-state index is 0.231. The van der Waals surface area contributed by atoms with Gasteiger partial charge in [-0.25, -0.2) is 0 Å². The first-order valence-electron chi connectivity index (χ1n) is 8.90. The van der Waals surface area contributed by atoms with E-state index in [1.807, 2.05) is 37.4 Å². The molecule has 148 valence electrons. The lowest BCUT2D eigenvalue weighted by atomic mass is 10.1. The SMILES string of the molecule is COCCCn1c(C)cc(C(=O)CN2C(=O)S/C(=C/c3cccs3)C2=O)c1C. The van der Waals surface area contributed by atoms with Crippen molar-refractivity contribution in [1.82, 2.24) is 9.47 Å². The van der Waals surface area contributed by atoms with Gasteiger partial charge in [-0.05, 0) is 55.6 Å². The van der Waals surface area contributed by atoms with Gasteiger partial charge in [-0.15, -0.1) is 11.3 Å². The van der Waals surface area contributed by atoms with Gasteiger partial charge in [-0.2, -0.15) is 0 Å². The van der Waals surface area contributed by atoms with E-state index >= 15 is 0 Å². The van der Waals surface area contributed by atoms with Crippen molar-refractivity contribution in [3.63, 3.8) is 0 Å². The number of ketones is 1. The van der Waals surface area contributed by atoms with E-state index in [9.17, 15) is 14.4 Å². The van der Waals surface area contributed by atoms with Gasteiger partial charge in [0.05, 0.1) is 11.4 Å². The molecule has 0 N–H and O–H groups in total. The Balaban J connectivity index is 1.73. The van der Waals surface area contributed by atoms with Crippen LogP contribution in [-0.4, -0.2) is 46.7 Å². The number of ether oxygens (including phenoxy) is 1. The number of rotatable bonds is 8. The van der Waals surface area contributed by atoms with Gasteiger partial charge in [0.1, 0.15) is 0 Å². The molecule has 0 unspecified atom stereocenters. The molecule has 0 radical (unpaired) electrons. The highest BCUT2D eigenvalue weighted by Gasteiger charge is 2.36. The van der Waals surface area contributed by atoms with Crippen molar-refractivity contribution in [3.05, 3.63) is 50.3 Å². The largest absolute Gasteiger partial charge is 0.385 e. The third-order valence-electron chi connectivity index (χ3n) is 4.60. The van der Waals surface area contributed by atoms with Crippen LogP contribution < -0.4 is 0 Å². The number of carbonyl (C=O) groups excluding carboxylic acids is 3. The molecule has 8 heteroatoms. The maximum Gasteiger partial charge on any atom is 0.293 e. The van der Waals surface area contributed by atoms with Crippen LogP contribution in [0.2, 0.25) is 0 Å². The highest BCUT2D eigenvalue weighted by atomic mass is 32.2. The van der Waals surface area contributed by atoms with E-state index in [4.69, 9.17) is 4.74 Å². The van der Waals surface area contributed by atoms with Gasteiger partial charge >= 0.3 is 0 Å². The van der Waals surface area contributed by atoms with Gasteiger partial charge in [0, 0.05) is 42.1 Å². The summed E-state index contributed by atoms with van der Waals surface area (Å²) >= 11 is 2.37. The van der Waals surface area contributed by atoms with Crippen molar-refractivity contribution in [2.24, 2.45) is 0 Å². The van der Waals surface area contributed by atoms with Crippen LogP contribution in [0.5, 0.6) is 0 Å². The quantitative estimate of drug-likeness (QED) is 0.366. The molecule has 1 aliphatic heterocycles. The summed E-state index contributed by atoms with van der Waals surface area (Å²) in [6.45, 7) is 4.99. The van der Waals surface area contributed by atoms with Crippen LogP contribution in [-0.2, 0) is 16.1 Å². The fourth-order valence-electron chi connectivity index (χ4n) is 3.16. The topological polar surface area (TPSA) is 68.6 Å². The molecule has 3 rings (SSSR count). The van der Waals surface area contributed by atoms with Crippen molar-refractivity contribution >= 4 is 46.1 Å². The van der Waals surface area contributed by atoms with E-state index in [1.165, 1.54) is 11.3 Å². The smallest absolute Gasteiger partial charge is 0.293 e. The Morgan fingerprint density at radius 3 is 2.75 bits per heavy atom. The normalized spacial score (nSPS) is 15.8. The maximum atomic E-state index is 12.8. The van der Waals surface area contributed by atoms with E-state index in [2.05, 4.69) is 4.57 Å². The van der Waals surface area contributed by atoms with Gasteiger partial charge < -0.3 is 9.30 Å². The molecule has 0 spiro atoms. The molecule has 2 amide bonds. The van der Waals surface area contributed by atoms with Gasteiger partial charge in [0.15, 0.2) is 5.78 Å². The Morgan fingerprint density at radius 2 is 2.07 bits per heavy atom. The molecule has 3 heterocycles. The molecule has 2 aromatic heterocycles. The van der Waals surface area contributed by atoms with E-state index in [-0.39, 0.29) is 12.3 Å². The molecule has 1 fully saturated rings. The molecule has 6 nitrogen and oxygen atoms in total. The summed E-state index contributed by atoms with van der Waals surface area (Å²) in [5.74, 6) is -0.642. The number of carbonyl (C=O) groups is 3. The predicted octanol–water partition coefficient (Wildman–Crippen LogP) is 4.12. The zero-order valence-electron chi connectivity index (χ0n) is 16.1. The van der Waals surface area contributed by atoms with E-state index < -0.39 is 11.1 Å². The minimum atomic E-state index is -0.411. The summed E-state index contributed by atoms with van der Waals surface area (Å²) in [6, 6.07) is 5.58. The van der Waals surface area contributed by atoms with Crippen molar-refractivity contribution in [1.29, 1.82) is 0 Å². The molecule has 0 aliphatic carbocycles. The number of methoxy groups -OCH3 is 1. The highest BCUT2D eigenvalue weighted by molar-refractivity contribution is 8.18. The number of thioether (sulfide) groups is 1. The number of aromatic nitrogens is 1. The average Bonchev–Trinajstić information content (AvgIpc) is 3.33. The van der Waals surface area contributed by atoms with Crippen molar-refractivity contribution in [2.75, 3.05) is 20.3 Å². The monoisotopic (exact) mass is 418 g/mol. The average molecular weight is 419 g/mol. The summed E-state index contributed by atoms with van der Waals surface area (Å²) in [7, 11) is 1.66. The number of Topliss-reactive ketones (excluding diaryl/α,β-unsaturated/α-hetero) is 1. The van der Waals surface area contributed by atoms with Crippen LogP contribution in [0.15, 0.2) is 28.5 Å². The number of amides is 2. The number of imide groups is 1. The Morgan fingerprint density at radius 1 is 1.29 bits per heavy atom. The fraction of sp³-hybridized carbons (Fsp3) is 0.350. The molecule has 0 atom stereocenters. The van der Waals surface area contributed by atoms with E-state index in [1.54, 1.807) is 13.2 Å². The molecule has 0 saturated carbocycles. The standard InChI is InChI=1S/C20H22N2O4S2/c1-13-10-16(14(2)21(13)7-5-8-26-3)17(23)12-22-19(24)18(28-20(22)25)11-15-6-4-9-27-15/h4,6,9-11H,5,7-8,12H2,1-3H3/b18-11+. The third-order valence-corrected chi connectivity index (χ3v) is 6.32. The molecular formula is C20H22N2O4S2. The van der Waals surface area contributed by atoms with E-state index in [0.717, 1.165) is 45.9 Å². The Labute approximate surface area is 172 Å². The first-order valence-corrected chi connectivity index (χ1v) is 10.6. The van der Waals surface area contributed by atoms with Crippen LogP contribution >= 0.6 is 23.1 Å². The van der Waals surface area contributed by atoms with Crippen LogP contribution in [0.4, 0.5) is 4.79 Å². The van der Waals surface area contributed by atoms with Crippen molar-refractivity contribution < 1.29 is 19.1 Å². The molecule has 2 aromatic rings. The highest BCUT2D eigenvalue weighted by Crippen LogP contribution is 2.33. The zero-order chi connectivity index (χ0) is 20.3. The lowest BCUT2D eigenvalue weighted by Crippen LogP contribution is -2.33. The summed E-state index contributed by atoms with van der Waals surface area (Å²) in [5.41, 5.74) is 2.37. The first kappa shape index (κ1) is 20.6.